The normalized spacial score (nSPS) is 19.9. The van der Waals surface area contributed by atoms with Crippen molar-refractivity contribution >= 4 is 0 Å². The highest BCUT2D eigenvalue weighted by molar-refractivity contribution is 5.31. The van der Waals surface area contributed by atoms with Crippen LogP contribution in [0.25, 0.3) is 0 Å². The Kier molecular flexibility index (Phi) is 4.14. The molecule has 0 aliphatic carbocycles. The van der Waals surface area contributed by atoms with Gasteiger partial charge in [-0.1, -0.05) is 36.4 Å². The average molecular weight is 217 g/mol. The molecule has 1 N–H and O–H groups in total. The van der Waals surface area contributed by atoms with Crippen LogP contribution in [-0.2, 0) is 11.2 Å². The molecule has 16 heavy (non-hydrogen) atoms. The molecule has 86 valence electrons. The van der Waals surface area contributed by atoms with Crippen LogP contribution < -0.4 is 5.32 Å². The van der Waals surface area contributed by atoms with Gasteiger partial charge in [0.15, 0.2) is 0 Å². The molecule has 0 saturated carbocycles. The highest BCUT2D eigenvalue weighted by Gasteiger charge is 2.19. The van der Waals surface area contributed by atoms with E-state index in [4.69, 9.17) is 4.74 Å². The van der Waals surface area contributed by atoms with Crippen molar-refractivity contribution in [3.05, 3.63) is 47.5 Å². The van der Waals surface area contributed by atoms with Crippen LogP contribution in [-0.4, -0.2) is 19.7 Å². The summed E-state index contributed by atoms with van der Waals surface area (Å²) in [5.41, 5.74) is 2.79. The summed E-state index contributed by atoms with van der Waals surface area (Å²) in [6.45, 7) is 4.68. The summed E-state index contributed by atoms with van der Waals surface area (Å²) in [6.07, 6.45) is 5.44. The van der Waals surface area contributed by atoms with Crippen molar-refractivity contribution in [3.8, 4) is 0 Å². The van der Waals surface area contributed by atoms with Crippen molar-refractivity contribution in [2.75, 3.05) is 19.7 Å². The van der Waals surface area contributed by atoms with Gasteiger partial charge in [-0.15, -0.1) is 0 Å². The zero-order valence-electron chi connectivity index (χ0n) is 9.78. The molecule has 1 aromatic rings. The van der Waals surface area contributed by atoms with Gasteiger partial charge in [-0.25, -0.2) is 0 Å². The Hall–Kier alpha value is -1.12. The molecule has 0 radical (unpaired) electrons. The van der Waals surface area contributed by atoms with Crippen molar-refractivity contribution < 1.29 is 4.74 Å². The van der Waals surface area contributed by atoms with E-state index < -0.39 is 0 Å². The fraction of sp³-hybridized carbons (Fsp3) is 0.429. The van der Waals surface area contributed by atoms with E-state index >= 15 is 0 Å². The van der Waals surface area contributed by atoms with Crippen molar-refractivity contribution in [1.82, 2.24) is 5.32 Å². The quantitative estimate of drug-likeness (QED) is 0.618. The van der Waals surface area contributed by atoms with E-state index in [1.807, 2.05) is 6.92 Å². The van der Waals surface area contributed by atoms with Crippen LogP contribution in [0.1, 0.15) is 24.2 Å². The topological polar surface area (TPSA) is 21.3 Å². The number of hydrogen-bond acceptors (Lipinski definition) is 2. The Bertz CT molecular complexity index is 360. The minimum absolute atomic E-state index is 0.218. The van der Waals surface area contributed by atoms with Crippen molar-refractivity contribution in [2.24, 2.45) is 0 Å². The van der Waals surface area contributed by atoms with Gasteiger partial charge in [-0.05, 0) is 24.5 Å². The third kappa shape index (κ3) is 2.71. The van der Waals surface area contributed by atoms with Gasteiger partial charge in [0, 0.05) is 13.1 Å². The largest absolute Gasteiger partial charge is 0.372 e. The number of benzene rings is 1. The number of rotatable bonds is 4. The van der Waals surface area contributed by atoms with E-state index in [9.17, 15) is 0 Å². The highest BCUT2D eigenvalue weighted by Crippen LogP contribution is 2.25. The zero-order valence-corrected chi connectivity index (χ0v) is 9.78. The van der Waals surface area contributed by atoms with Gasteiger partial charge in [0.25, 0.3) is 0 Å². The predicted octanol–water partition coefficient (Wildman–Crippen LogP) is 2.47. The summed E-state index contributed by atoms with van der Waals surface area (Å²) in [6, 6.07) is 8.58. The van der Waals surface area contributed by atoms with Crippen LogP contribution in [0.15, 0.2) is 36.4 Å². The summed E-state index contributed by atoms with van der Waals surface area (Å²) in [5.74, 6) is 0. The second kappa shape index (κ2) is 5.83. The first-order valence-corrected chi connectivity index (χ1v) is 5.93. The van der Waals surface area contributed by atoms with Crippen LogP contribution >= 0.6 is 0 Å². The molecule has 1 aromatic carbocycles. The Labute approximate surface area is 97.3 Å². The standard InChI is InChI=1S/C14H19NO/c1-2-3-9-15-11-14-13-7-5-4-6-12(13)8-10-16-14/h2-7,14-15H,8-11H2,1H3/b3-2+. The first-order chi connectivity index (χ1) is 7.92. The maximum absolute atomic E-state index is 5.80. The molecule has 1 heterocycles. The average Bonchev–Trinajstić information content (AvgIpc) is 2.35. The minimum Gasteiger partial charge on any atom is -0.372 e. The van der Waals surface area contributed by atoms with Gasteiger partial charge in [-0.2, -0.15) is 0 Å². The number of ether oxygens (including phenoxy) is 1. The second-order valence-corrected chi connectivity index (χ2v) is 4.04. The Morgan fingerprint density at radius 1 is 1.44 bits per heavy atom. The smallest absolute Gasteiger partial charge is 0.0952 e. The number of allylic oxidation sites excluding steroid dienone is 1. The maximum Gasteiger partial charge on any atom is 0.0952 e. The zero-order chi connectivity index (χ0) is 11.2. The predicted molar refractivity (Wildman–Crippen MR) is 66.5 cm³/mol. The maximum atomic E-state index is 5.80. The van der Waals surface area contributed by atoms with Crippen molar-refractivity contribution in [2.45, 2.75) is 19.4 Å². The van der Waals surface area contributed by atoms with Crippen LogP contribution in [0.4, 0.5) is 0 Å². The first kappa shape index (κ1) is 11.4. The lowest BCUT2D eigenvalue weighted by Gasteiger charge is -2.26. The SMILES string of the molecule is C/C=C/CNCC1OCCc2ccccc21. The molecule has 0 spiro atoms. The van der Waals surface area contributed by atoms with Gasteiger partial charge in [-0.3, -0.25) is 0 Å². The molecule has 2 heteroatoms. The fourth-order valence-electron chi connectivity index (χ4n) is 2.06. The van der Waals surface area contributed by atoms with Gasteiger partial charge < -0.3 is 10.1 Å². The minimum atomic E-state index is 0.218. The Morgan fingerprint density at radius 2 is 2.31 bits per heavy atom. The molecule has 0 saturated heterocycles. The highest BCUT2D eigenvalue weighted by atomic mass is 16.5. The summed E-state index contributed by atoms with van der Waals surface area (Å²) < 4.78 is 5.80. The Morgan fingerprint density at radius 3 is 3.19 bits per heavy atom. The van der Waals surface area contributed by atoms with Gasteiger partial charge >= 0.3 is 0 Å². The van der Waals surface area contributed by atoms with Crippen molar-refractivity contribution in [1.29, 1.82) is 0 Å². The lowest BCUT2D eigenvalue weighted by atomic mass is 9.97. The molecule has 1 aliphatic rings. The third-order valence-electron chi connectivity index (χ3n) is 2.92. The van der Waals surface area contributed by atoms with E-state index in [-0.39, 0.29) is 6.10 Å². The van der Waals surface area contributed by atoms with Gasteiger partial charge in [0.05, 0.1) is 12.7 Å². The molecular weight excluding hydrogens is 198 g/mol. The van der Waals surface area contributed by atoms with Crippen LogP contribution in [0.5, 0.6) is 0 Å². The monoisotopic (exact) mass is 217 g/mol. The second-order valence-electron chi connectivity index (χ2n) is 4.04. The lowest BCUT2D eigenvalue weighted by molar-refractivity contribution is 0.0432. The van der Waals surface area contributed by atoms with Gasteiger partial charge in [0.2, 0.25) is 0 Å². The molecule has 1 unspecified atom stereocenters. The number of hydrogen-bond donors (Lipinski definition) is 1. The molecule has 0 aromatic heterocycles. The van der Waals surface area contributed by atoms with E-state index in [1.54, 1.807) is 0 Å². The third-order valence-corrected chi connectivity index (χ3v) is 2.92. The molecule has 0 amide bonds. The molecule has 0 bridgehead atoms. The van der Waals surface area contributed by atoms with E-state index in [0.29, 0.717) is 0 Å². The summed E-state index contributed by atoms with van der Waals surface area (Å²) in [7, 11) is 0. The Balaban J connectivity index is 1.96. The van der Waals surface area contributed by atoms with E-state index in [1.165, 1.54) is 11.1 Å². The first-order valence-electron chi connectivity index (χ1n) is 5.93. The molecule has 1 atom stereocenters. The van der Waals surface area contributed by atoms with Crippen molar-refractivity contribution in [3.63, 3.8) is 0 Å². The fourth-order valence-corrected chi connectivity index (χ4v) is 2.06. The van der Waals surface area contributed by atoms with Crippen LogP contribution in [0, 0.1) is 0 Å². The summed E-state index contributed by atoms with van der Waals surface area (Å²) >= 11 is 0. The van der Waals surface area contributed by atoms with Crippen LogP contribution in [0.3, 0.4) is 0 Å². The van der Waals surface area contributed by atoms with Crippen LogP contribution in [0.2, 0.25) is 0 Å². The molecule has 1 aliphatic heterocycles. The number of nitrogens with one attached hydrogen (secondary N) is 1. The van der Waals surface area contributed by atoms with E-state index in [0.717, 1.165) is 26.1 Å². The molecule has 0 fully saturated rings. The summed E-state index contributed by atoms with van der Waals surface area (Å²) in [5, 5.41) is 3.39. The number of fused-ring (bicyclic) bond motifs is 1. The molecule has 2 nitrogen and oxygen atoms in total. The molecule has 2 rings (SSSR count). The lowest BCUT2D eigenvalue weighted by Crippen LogP contribution is -2.27. The van der Waals surface area contributed by atoms with Gasteiger partial charge in [0.1, 0.15) is 0 Å². The van der Waals surface area contributed by atoms with E-state index in [2.05, 4.69) is 41.7 Å². The molecular formula is C14H19NO. The summed E-state index contributed by atoms with van der Waals surface area (Å²) in [4.78, 5) is 0.